The fourth-order valence-electron chi connectivity index (χ4n) is 1.45. The lowest BCUT2D eigenvalue weighted by molar-refractivity contribution is -0.137. The minimum Gasteiger partial charge on any atom is -0.481 e. The van der Waals surface area contributed by atoms with Gasteiger partial charge in [-0.1, -0.05) is 34.6 Å². The zero-order valence-electron chi connectivity index (χ0n) is 9.42. The quantitative estimate of drug-likeness (QED) is 0.732. The van der Waals surface area contributed by atoms with Crippen LogP contribution in [-0.2, 0) is 4.79 Å². The normalized spacial score (nSPS) is 16.7. The SMILES string of the molecule is CC(CCC(=O)O)C(C)C(C)(C)C. The molecule has 13 heavy (non-hydrogen) atoms. The Hall–Kier alpha value is -0.530. The molecular formula is C11H22O2. The van der Waals surface area contributed by atoms with E-state index >= 15 is 0 Å². The Kier molecular flexibility index (Phi) is 4.45. The van der Waals surface area contributed by atoms with Crippen molar-refractivity contribution in [2.75, 3.05) is 0 Å². The van der Waals surface area contributed by atoms with Gasteiger partial charge in [0.15, 0.2) is 0 Å². The third-order valence-electron chi connectivity index (χ3n) is 3.03. The first kappa shape index (κ1) is 12.5. The smallest absolute Gasteiger partial charge is 0.303 e. The van der Waals surface area contributed by atoms with E-state index in [1.54, 1.807) is 0 Å². The molecule has 0 aromatic heterocycles. The molecule has 2 heteroatoms. The van der Waals surface area contributed by atoms with Crippen LogP contribution in [0, 0.1) is 17.3 Å². The summed E-state index contributed by atoms with van der Waals surface area (Å²) >= 11 is 0. The Morgan fingerprint density at radius 3 is 2.08 bits per heavy atom. The molecule has 0 aliphatic heterocycles. The predicted molar refractivity (Wildman–Crippen MR) is 54.7 cm³/mol. The summed E-state index contributed by atoms with van der Waals surface area (Å²) < 4.78 is 0. The Morgan fingerprint density at radius 1 is 1.31 bits per heavy atom. The molecule has 78 valence electrons. The lowest BCUT2D eigenvalue weighted by Crippen LogP contribution is -2.24. The molecule has 0 aromatic rings. The number of carboxylic acids is 1. The van der Waals surface area contributed by atoms with Gasteiger partial charge in [0.2, 0.25) is 0 Å². The maximum Gasteiger partial charge on any atom is 0.303 e. The number of carboxylic acid groups (broad SMARTS) is 1. The highest BCUT2D eigenvalue weighted by molar-refractivity contribution is 5.66. The summed E-state index contributed by atoms with van der Waals surface area (Å²) in [5.41, 5.74) is 0.276. The first-order valence-electron chi connectivity index (χ1n) is 4.97. The maximum absolute atomic E-state index is 10.4. The average Bonchev–Trinajstić information content (AvgIpc) is 1.96. The predicted octanol–water partition coefficient (Wildman–Crippen LogP) is 3.17. The summed E-state index contributed by atoms with van der Waals surface area (Å²) in [7, 11) is 0. The molecule has 0 amide bonds. The number of rotatable bonds is 4. The van der Waals surface area contributed by atoms with Gasteiger partial charge < -0.3 is 5.11 Å². The average molecular weight is 186 g/mol. The van der Waals surface area contributed by atoms with Gasteiger partial charge in [0.1, 0.15) is 0 Å². The van der Waals surface area contributed by atoms with Crippen LogP contribution in [-0.4, -0.2) is 11.1 Å². The molecule has 0 aliphatic carbocycles. The van der Waals surface area contributed by atoms with Crippen molar-refractivity contribution in [1.82, 2.24) is 0 Å². The molecular weight excluding hydrogens is 164 g/mol. The van der Waals surface area contributed by atoms with Crippen LogP contribution in [0.2, 0.25) is 0 Å². The molecule has 0 aromatic carbocycles. The second kappa shape index (κ2) is 4.64. The van der Waals surface area contributed by atoms with E-state index in [0.717, 1.165) is 6.42 Å². The van der Waals surface area contributed by atoms with Gasteiger partial charge in [0.25, 0.3) is 0 Å². The third-order valence-corrected chi connectivity index (χ3v) is 3.03. The summed E-state index contributed by atoms with van der Waals surface area (Å²) in [6.07, 6.45) is 1.08. The van der Waals surface area contributed by atoms with Crippen LogP contribution in [0.1, 0.15) is 47.5 Å². The van der Waals surface area contributed by atoms with Crippen LogP contribution in [0.3, 0.4) is 0 Å². The number of hydrogen-bond donors (Lipinski definition) is 1. The van der Waals surface area contributed by atoms with Crippen LogP contribution in [0.15, 0.2) is 0 Å². The standard InChI is InChI=1S/C11H22O2/c1-8(6-7-10(12)13)9(2)11(3,4)5/h8-9H,6-7H2,1-5H3,(H,12,13). The van der Waals surface area contributed by atoms with Crippen LogP contribution in [0.4, 0.5) is 0 Å². The molecule has 0 saturated heterocycles. The highest BCUT2D eigenvalue weighted by Crippen LogP contribution is 2.33. The maximum atomic E-state index is 10.4. The van der Waals surface area contributed by atoms with Gasteiger partial charge in [0.05, 0.1) is 0 Å². The second-order valence-corrected chi connectivity index (χ2v) is 5.06. The van der Waals surface area contributed by atoms with Gasteiger partial charge in [-0.15, -0.1) is 0 Å². The molecule has 1 N–H and O–H groups in total. The van der Waals surface area contributed by atoms with E-state index in [1.807, 2.05) is 0 Å². The number of aliphatic carboxylic acids is 1. The van der Waals surface area contributed by atoms with Gasteiger partial charge >= 0.3 is 5.97 Å². The molecule has 0 fully saturated rings. The number of carbonyl (C=O) groups is 1. The van der Waals surface area contributed by atoms with Crippen molar-refractivity contribution in [1.29, 1.82) is 0 Å². The number of hydrogen-bond acceptors (Lipinski definition) is 1. The molecule has 0 radical (unpaired) electrons. The van der Waals surface area contributed by atoms with Gasteiger partial charge in [0, 0.05) is 6.42 Å². The summed E-state index contributed by atoms with van der Waals surface area (Å²) in [6, 6.07) is 0. The van der Waals surface area contributed by atoms with Crippen molar-refractivity contribution in [3.63, 3.8) is 0 Å². The highest BCUT2D eigenvalue weighted by atomic mass is 16.4. The van der Waals surface area contributed by atoms with E-state index in [4.69, 9.17) is 5.11 Å². The van der Waals surface area contributed by atoms with Gasteiger partial charge in [-0.05, 0) is 23.7 Å². The fourth-order valence-corrected chi connectivity index (χ4v) is 1.45. The Morgan fingerprint density at radius 2 is 1.77 bits per heavy atom. The summed E-state index contributed by atoms with van der Waals surface area (Å²) in [5.74, 6) is 0.357. The first-order valence-corrected chi connectivity index (χ1v) is 4.97. The zero-order valence-corrected chi connectivity index (χ0v) is 9.42. The minimum atomic E-state index is -0.687. The molecule has 0 aliphatic rings. The van der Waals surface area contributed by atoms with Crippen LogP contribution in [0.5, 0.6) is 0 Å². The lowest BCUT2D eigenvalue weighted by Gasteiger charge is -2.32. The van der Waals surface area contributed by atoms with E-state index < -0.39 is 5.97 Å². The zero-order chi connectivity index (χ0) is 10.6. The van der Waals surface area contributed by atoms with E-state index in [9.17, 15) is 4.79 Å². The van der Waals surface area contributed by atoms with Crippen molar-refractivity contribution in [3.8, 4) is 0 Å². The first-order chi connectivity index (χ1) is 5.75. The monoisotopic (exact) mass is 186 g/mol. The Labute approximate surface area is 81.3 Å². The van der Waals surface area contributed by atoms with Crippen LogP contribution >= 0.6 is 0 Å². The molecule has 2 atom stereocenters. The largest absolute Gasteiger partial charge is 0.481 e. The topological polar surface area (TPSA) is 37.3 Å². The molecule has 0 bridgehead atoms. The van der Waals surface area contributed by atoms with Gasteiger partial charge in [-0.2, -0.15) is 0 Å². The highest BCUT2D eigenvalue weighted by Gasteiger charge is 2.25. The van der Waals surface area contributed by atoms with Crippen molar-refractivity contribution in [2.45, 2.75) is 47.5 Å². The van der Waals surface area contributed by atoms with E-state index in [0.29, 0.717) is 18.3 Å². The van der Waals surface area contributed by atoms with Crippen molar-refractivity contribution in [2.24, 2.45) is 17.3 Å². The Balaban J connectivity index is 3.97. The molecule has 2 nitrogen and oxygen atoms in total. The van der Waals surface area contributed by atoms with Crippen LogP contribution in [0.25, 0.3) is 0 Å². The van der Waals surface area contributed by atoms with Gasteiger partial charge in [-0.3, -0.25) is 4.79 Å². The molecule has 2 unspecified atom stereocenters. The van der Waals surface area contributed by atoms with Crippen molar-refractivity contribution < 1.29 is 9.90 Å². The summed E-state index contributed by atoms with van der Waals surface area (Å²) in [4.78, 5) is 10.4. The summed E-state index contributed by atoms with van der Waals surface area (Å²) in [6.45, 7) is 10.9. The second-order valence-electron chi connectivity index (χ2n) is 5.06. The van der Waals surface area contributed by atoms with E-state index in [1.165, 1.54) is 0 Å². The molecule has 0 heterocycles. The van der Waals surface area contributed by atoms with Gasteiger partial charge in [-0.25, -0.2) is 0 Å². The third kappa shape index (κ3) is 4.91. The van der Waals surface area contributed by atoms with Crippen LogP contribution < -0.4 is 0 Å². The minimum absolute atomic E-state index is 0.276. The molecule has 0 rings (SSSR count). The van der Waals surface area contributed by atoms with E-state index in [-0.39, 0.29) is 5.41 Å². The summed E-state index contributed by atoms with van der Waals surface area (Å²) in [5, 5.41) is 8.55. The molecule has 0 spiro atoms. The lowest BCUT2D eigenvalue weighted by atomic mass is 9.74. The van der Waals surface area contributed by atoms with Crippen molar-refractivity contribution >= 4 is 5.97 Å². The fraction of sp³-hybridized carbons (Fsp3) is 0.909. The molecule has 0 saturated carbocycles. The van der Waals surface area contributed by atoms with E-state index in [2.05, 4.69) is 34.6 Å². The Bertz CT molecular complexity index is 167. The van der Waals surface area contributed by atoms with Crippen molar-refractivity contribution in [3.05, 3.63) is 0 Å².